The lowest BCUT2D eigenvalue weighted by Gasteiger charge is -1.99. The van der Waals surface area contributed by atoms with Crippen LogP contribution >= 0.6 is 22.6 Å². The van der Waals surface area contributed by atoms with E-state index in [9.17, 15) is 13.2 Å². The van der Waals surface area contributed by atoms with Gasteiger partial charge in [0.2, 0.25) is 0 Å². The van der Waals surface area contributed by atoms with E-state index in [0.717, 1.165) is 9.83 Å². The summed E-state index contributed by atoms with van der Waals surface area (Å²) in [6.45, 7) is 0. The van der Waals surface area contributed by atoms with Crippen molar-refractivity contribution in [1.82, 2.24) is 0 Å². The van der Waals surface area contributed by atoms with Crippen molar-refractivity contribution in [1.29, 1.82) is 0 Å². The smallest absolute Gasteiger partial charge is 0.177 e. The monoisotopic (exact) mass is 324 g/mol. The Morgan fingerprint density at radius 2 is 1.79 bits per heavy atom. The second kappa shape index (κ2) is 4.39. The molecule has 0 heterocycles. The molecule has 0 spiro atoms. The summed E-state index contributed by atoms with van der Waals surface area (Å²) in [6.07, 6.45) is 1.05. The zero-order valence-corrected chi connectivity index (χ0v) is 10.5. The fourth-order valence-electron chi connectivity index (χ4n) is 0.957. The predicted molar refractivity (Wildman–Crippen MR) is 63.2 cm³/mol. The molecule has 0 atom stereocenters. The highest BCUT2D eigenvalue weighted by molar-refractivity contribution is 14.1. The number of hydrogen-bond donors (Lipinski definition) is 0. The molecule has 0 fully saturated rings. The largest absolute Gasteiger partial charge is 0.293 e. The van der Waals surface area contributed by atoms with Gasteiger partial charge in [-0.3, -0.25) is 4.79 Å². The molecule has 0 aliphatic carbocycles. The topological polar surface area (TPSA) is 51.2 Å². The summed E-state index contributed by atoms with van der Waals surface area (Å²) in [5.74, 6) is -0.781. The van der Waals surface area contributed by atoms with Gasteiger partial charge in [0.05, 0.1) is 0 Å². The molecule has 5 heteroatoms. The van der Waals surface area contributed by atoms with Gasteiger partial charge in [-0.15, -0.1) is 0 Å². The van der Waals surface area contributed by atoms with E-state index >= 15 is 0 Å². The van der Waals surface area contributed by atoms with Gasteiger partial charge in [-0.05, 0) is 34.7 Å². The highest BCUT2D eigenvalue weighted by atomic mass is 127. The first-order chi connectivity index (χ1) is 6.38. The molecule has 0 amide bonds. The van der Waals surface area contributed by atoms with Crippen molar-refractivity contribution in [2.24, 2.45) is 0 Å². The van der Waals surface area contributed by atoms with E-state index in [1.807, 2.05) is 0 Å². The summed E-state index contributed by atoms with van der Waals surface area (Å²) in [4.78, 5) is 11.4. The van der Waals surface area contributed by atoms with Gasteiger partial charge in [0, 0.05) is 15.4 Å². The van der Waals surface area contributed by atoms with Crippen LogP contribution in [0, 0.1) is 3.57 Å². The minimum Gasteiger partial charge on any atom is -0.293 e. The molecule has 1 aromatic carbocycles. The number of Topliss-reactive ketones (excluding diaryl/α,β-unsaturated/α-hetero) is 1. The minimum absolute atomic E-state index is 0.357. The van der Waals surface area contributed by atoms with Crippen LogP contribution in [0.5, 0.6) is 0 Å². The highest BCUT2D eigenvalue weighted by Crippen LogP contribution is 2.08. The summed E-state index contributed by atoms with van der Waals surface area (Å²) in [5.41, 5.74) is 0.441. The number of halogens is 1. The molecular formula is C9H9IO3S. The molecule has 0 saturated carbocycles. The highest BCUT2D eigenvalue weighted by Gasteiger charge is 2.12. The molecule has 0 N–H and O–H groups in total. The molecule has 0 aromatic heterocycles. The maximum absolute atomic E-state index is 11.4. The van der Waals surface area contributed by atoms with Gasteiger partial charge >= 0.3 is 0 Å². The van der Waals surface area contributed by atoms with Gasteiger partial charge in [0.1, 0.15) is 5.75 Å². The molecule has 1 aromatic rings. The van der Waals surface area contributed by atoms with Crippen LogP contribution in [0.4, 0.5) is 0 Å². The van der Waals surface area contributed by atoms with Gasteiger partial charge in [0.15, 0.2) is 15.6 Å². The van der Waals surface area contributed by atoms with Crippen molar-refractivity contribution in [3.05, 3.63) is 33.4 Å². The summed E-state index contributed by atoms with van der Waals surface area (Å²) >= 11 is 2.12. The first kappa shape index (κ1) is 11.6. The average Bonchev–Trinajstić information content (AvgIpc) is 2.02. The fourth-order valence-corrected chi connectivity index (χ4v) is 1.96. The summed E-state index contributed by atoms with van der Waals surface area (Å²) in [6, 6.07) is 6.82. The summed E-state index contributed by atoms with van der Waals surface area (Å²) in [7, 11) is -3.23. The van der Waals surface area contributed by atoms with Gasteiger partial charge in [-0.25, -0.2) is 8.42 Å². The Morgan fingerprint density at radius 3 is 2.21 bits per heavy atom. The summed E-state index contributed by atoms with van der Waals surface area (Å²) in [5, 5.41) is 0. The van der Waals surface area contributed by atoms with Crippen LogP contribution < -0.4 is 0 Å². The number of sulfone groups is 1. The average molecular weight is 324 g/mol. The molecule has 0 unspecified atom stereocenters. The van der Waals surface area contributed by atoms with Crippen molar-refractivity contribution in [2.75, 3.05) is 12.0 Å². The normalized spacial score (nSPS) is 11.3. The van der Waals surface area contributed by atoms with E-state index in [4.69, 9.17) is 0 Å². The Kier molecular flexibility index (Phi) is 3.65. The van der Waals surface area contributed by atoms with Crippen LogP contribution in [0.25, 0.3) is 0 Å². The Labute approximate surface area is 96.6 Å². The first-order valence-electron chi connectivity index (χ1n) is 3.85. The van der Waals surface area contributed by atoms with Gasteiger partial charge in [-0.1, -0.05) is 12.1 Å². The zero-order chi connectivity index (χ0) is 10.8. The number of carbonyl (C=O) groups excluding carboxylic acids is 1. The number of ketones is 1. The Morgan fingerprint density at radius 1 is 1.29 bits per heavy atom. The van der Waals surface area contributed by atoms with Crippen molar-refractivity contribution in [3.8, 4) is 0 Å². The van der Waals surface area contributed by atoms with Crippen molar-refractivity contribution in [2.45, 2.75) is 0 Å². The Bertz CT molecular complexity index is 434. The van der Waals surface area contributed by atoms with Crippen LogP contribution in [0.15, 0.2) is 24.3 Å². The van der Waals surface area contributed by atoms with Gasteiger partial charge in [0.25, 0.3) is 0 Å². The molecule has 0 aliphatic rings. The first-order valence-corrected chi connectivity index (χ1v) is 6.99. The third kappa shape index (κ3) is 3.75. The quantitative estimate of drug-likeness (QED) is 0.626. The van der Waals surface area contributed by atoms with E-state index in [0.29, 0.717) is 5.56 Å². The predicted octanol–water partition coefficient (Wildman–Crippen LogP) is 1.52. The van der Waals surface area contributed by atoms with E-state index in [2.05, 4.69) is 22.6 Å². The maximum Gasteiger partial charge on any atom is 0.177 e. The molecule has 76 valence electrons. The van der Waals surface area contributed by atoms with Gasteiger partial charge < -0.3 is 0 Å². The standard InChI is InChI=1S/C9H9IO3S/c1-14(12,13)6-9(11)7-2-4-8(10)5-3-7/h2-5H,6H2,1H3. The fraction of sp³-hybridized carbons (Fsp3) is 0.222. The lowest BCUT2D eigenvalue weighted by Crippen LogP contribution is -2.14. The zero-order valence-electron chi connectivity index (χ0n) is 7.53. The van der Waals surface area contributed by atoms with Crippen molar-refractivity contribution >= 4 is 38.2 Å². The van der Waals surface area contributed by atoms with E-state index in [1.165, 1.54) is 0 Å². The Balaban J connectivity index is 2.86. The van der Waals surface area contributed by atoms with E-state index in [-0.39, 0.29) is 5.78 Å². The molecular weight excluding hydrogens is 315 g/mol. The lowest BCUT2D eigenvalue weighted by atomic mass is 10.2. The molecule has 0 bridgehead atoms. The number of carbonyl (C=O) groups is 1. The van der Waals surface area contributed by atoms with Crippen LogP contribution in [0.3, 0.4) is 0 Å². The third-order valence-corrected chi connectivity index (χ3v) is 3.07. The van der Waals surface area contributed by atoms with Crippen molar-refractivity contribution < 1.29 is 13.2 Å². The third-order valence-electron chi connectivity index (χ3n) is 1.56. The number of benzene rings is 1. The summed E-state index contributed by atoms with van der Waals surface area (Å²) < 4.78 is 22.7. The molecule has 1 rings (SSSR count). The van der Waals surface area contributed by atoms with Crippen molar-refractivity contribution in [3.63, 3.8) is 0 Å². The lowest BCUT2D eigenvalue weighted by molar-refractivity contribution is 0.102. The molecule has 0 saturated heterocycles. The second-order valence-corrected chi connectivity index (χ2v) is 6.39. The Hall–Kier alpha value is -0.430. The molecule has 0 aliphatic heterocycles. The minimum atomic E-state index is -3.23. The molecule has 3 nitrogen and oxygen atoms in total. The maximum atomic E-state index is 11.4. The van der Waals surface area contributed by atoms with Crippen LogP contribution in [-0.4, -0.2) is 26.2 Å². The SMILES string of the molecule is CS(=O)(=O)CC(=O)c1ccc(I)cc1. The number of rotatable bonds is 3. The second-order valence-electron chi connectivity index (χ2n) is 3.00. The van der Waals surface area contributed by atoms with Crippen LogP contribution in [0.2, 0.25) is 0 Å². The van der Waals surface area contributed by atoms with E-state index < -0.39 is 15.6 Å². The van der Waals surface area contributed by atoms with Gasteiger partial charge in [-0.2, -0.15) is 0 Å². The number of hydrogen-bond acceptors (Lipinski definition) is 3. The molecule has 0 radical (unpaired) electrons. The molecule has 14 heavy (non-hydrogen) atoms. The van der Waals surface area contributed by atoms with Crippen LogP contribution in [0.1, 0.15) is 10.4 Å². The van der Waals surface area contributed by atoms with Crippen LogP contribution in [-0.2, 0) is 9.84 Å². The van der Waals surface area contributed by atoms with E-state index in [1.54, 1.807) is 24.3 Å².